The number of hydrogen-bond acceptors (Lipinski definition) is 20. The summed E-state index contributed by atoms with van der Waals surface area (Å²) in [4.78, 5) is 78.4. The Bertz CT molecular complexity index is 2100. The maximum Gasteiger partial charge on any atom is 0.344 e. The van der Waals surface area contributed by atoms with Crippen LogP contribution in [-0.4, -0.2) is 129 Å². The molecule has 1 aliphatic heterocycles. The molecule has 0 unspecified atom stereocenters. The zero-order chi connectivity index (χ0) is 44.0. The Morgan fingerprint density at radius 1 is 1.02 bits per heavy atom. The van der Waals surface area contributed by atoms with Crippen LogP contribution in [0.4, 0.5) is 11.5 Å². The third-order valence-electron chi connectivity index (χ3n) is 8.31. The van der Waals surface area contributed by atoms with E-state index in [0.717, 1.165) is 30.8 Å². The number of morpholine rings is 1. The van der Waals surface area contributed by atoms with Gasteiger partial charge in [0, 0.05) is 32.0 Å². The molecule has 1 aromatic carbocycles. The van der Waals surface area contributed by atoms with Gasteiger partial charge in [0.1, 0.15) is 23.9 Å². The first-order valence-electron chi connectivity index (χ1n) is 18.2. The van der Waals surface area contributed by atoms with Gasteiger partial charge in [0.2, 0.25) is 15.8 Å². The molecule has 3 N–H and O–H groups in total. The summed E-state index contributed by atoms with van der Waals surface area (Å²) in [6.45, 7) is 5.62. The number of carbonyl (C=O) groups excluding carboxylic acids is 6. The minimum absolute atomic E-state index is 0.0625. The van der Waals surface area contributed by atoms with Gasteiger partial charge in [0.05, 0.1) is 67.0 Å². The number of furan rings is 1. The van der Waals surface area contributed by atoms with Gasteiger partial charge in [0.25, 0.3) is 11.8 Å². The van der Waals surface area contributed by atoms with E-state index < -0.39 is 94.8 Å². The lowest BCUT2D eigenvalue weighted by Gasteiger charge is -2.37. The van der Waals surface area contributed by atoms with Gasteiger partial charge in [-0.25, -0.2) is 23.1 Å². The molecule has 1 fully saturated rings. The largest absolute Gasteiger partial charge is 0.470 e. The fourth-order valence-corrected chi connectivity index (χ4v) is 7.00. The van der Waals surface area contributed by atoms with E-state index in [9.17, 15) is 37.2 Å². The molecule has 3 aromatic rings. The summed E-state index contributed by atoms with van der Waals surface area (Å²) in [6, 6.07) is 5.36. The van der Waals surface area contributed by atoms with Crippen molar-refractivity contribution in [1.82, 2.24) is 13.6 Å². The first-order chi connectivity index (χ1) is 28.3. The van der Waals surface area contributed by atoms with Crippen LogP contribution in [0.2, 0.25) is 5.02 Å². The highest BCUT2D eigenvalue weighted by Gasteiger charge is 2.33. The highest BCUT2D eigenvalue weighted by Crippen LogP contribution is 2.30. The molecule has 21 nitrogen and oxygen atoms in total. The first-order valence-corrected chi connectivity index (χ1v) is 20.9. The minimum atomic E-state index is -4.35. The maximum atomic E-state index is 13.5. The number of sulfonamides is 1. The average Bonchev–Trinajstić information content (AvgIpc) is 3.90. The number of ether oxygens (including phenoxy) is 6. The summed E-state index contributed by atoms with van der Waals surface area (Å²) in [5.74, 6) is -3.87. The van der Waals surface area contributed by atoms with Crippen LogP contribution in [0.25, 0.3) is 0 Å². The van der Waals surface area contributed by atoms with Crippen LogP contribution in [0.15, 0.2) is 39.8 Å². The number of halogens is 1. The number of benzene rings is 1. The molecule has 0 spiro atoms. The van der Waals surface area contributed by atoms with Gasteiger partial charge in [-0.05, 0) is 45.0 Å². The Labute approximate surface area is 354 Å². The Kier molecular flexibility index (Phi) is 17.2. The number of primary sulfonamides is 1. The van der Waals surface area contributed by atoms with Crippen LogP contribution >= 0.6 is 23.3 Å². The number of amides is 1. The number of anilines is 2. The lowest BCUT2D eigenvalue weighted by atomic mass is 10.1. The zero-order valence-electron chi connectivity index (χ0n) is 33.1. The van der Waals surface area contributed by atoms with Crippen LogP contribution in [-0.2, 0) is 64.2 Å². The standard InChI is InChI=1S/C36H45ClN6O15S2/c1-22(44)54-21-32(48)58-25(19-56-34-33(40-59-41-34)42-9-12-52-13-10-42)17-43(36(2,3)4)30(46)20-55-31(47)8-7-23(45)18-57-35(49)26-14-29(60(38,50)51)27(37)15-28(26)39-16-24-6-5-11-53-24/h5-6,11,14-15,25,39H,7-10,12-13,16-21H2,1-4H3,(H2,38,50,51)/t25-/m0/s1. The maximum absolute atomic E-state index is 13.5. The Balaban J connectivity index is 1.33. The van der Waals surface area contributed by atoms with Crippen LogP contribution in [0.3, 0.4) is 0 Å². The zero-order valence-corrected chi connectivity index (χ0v) is 35.5. The number of nitrogens with zero attached hydrogens (tertiary/aromatic N) is 4. The molecule has 1 amide bonds. The van der Waals surface area contributed by atoms with Gasteiger partial charge in [-0.15, -0.1) is 4.37 Å². The minimum Gasteiger partial charge on any atom is -0.470 e. The van der Waals surface area contributed by atoms with Crippen LogP contribution in [0.5, 0.6) is 5.88 Å². The fraction of sp³-hybridized carbons (Fsp3) is 0.500. The summed E-state index contributed by atoms with van der Waals surface area (Å²) < 4.78 is 69.8. The molecule has 328 valence electrons. The first kappa shape index (κ1) is 47.3. The third kappa shape index (κ3) is 14.7. The lowest BCUT2D eigenvalue weighted by Crippen LogP contribution is -2.52. The number of carbonyl (C=O) groups is 6. The third-order valence-corrected chi connectivity index (χ3v) is 10.2. The summed E-state index contributed by atoms with van der Waals surface area (Å²) in [7, 11) is -4.35. The van der Waals surface area contributed by atoms with Crippen molar-refractivity contribution in [2.45, 2.75) is 63.6 Å². The Hall–Kier alpha value is -5.36. The van der Waals surface area contributed by atoms with Crippen molar-refractivity contribution in [3.05, 3.63) is 46.9 Å². The van der Waals surface area contributed by atoms with E-state index in [1.807, 2.05) is 4.90 Å². The van der Waals surface area contributed by atoms with Crippen molar-refractivity contribution < 1.29 is 70.0 Å². The predicted octanol–water partition coefficient (Wildman–Crippen LogP) is 2.11. The van der Waals surface area contributed by atoms with Crippen molar-refractivity contribution >= 4 is 80.4 Å². The number of rotatable bonds is 21. The van der Waals surface area contributed by atoms with Gasteiger partial charge in [-0.1, -0.05) is 11.6 Å². The van der Waals surface area contributed by atoms with E-state index in [1.54, 1.807) is 32.9 Å². The molecule has 3 heterocycles. The second-order valence-corrected chi connectivity index (χ2v) is 16.4. The van der Waals surface area contributed by atoms with Crippen molar-refractivity contribution in [3.63, 3.8) is 0 Å². The smallest absolute Gasteiger partial charge is 0.344 e. The van der Waals surface area contributed by atoms with Crippen molar-refractivity contribution in [1.29, 1.82) is 0 Å². The molecule has 60 heavy (non-hydrogen) atoms. The molecule has 1 aliphatic rings. The van der Waals surface area contributed by atoms with Crippen molar-refractivity contribution in [3.8, 4) is 5.88 Å². The van der Waals surface area contributed by atoms with E-state index >= 15 is 0 Å². The van der Waals surface area contributed by atoms with E-state index in [-0.39, 0.29) is 41.8 Å². The fourth-order valence-electron chi connectivity index (χ4n) is 5.38. The summed E-state index contributed by atoms with van der Waals surface area (Å²) in [5.41, 5.74) is -1.14. The molecular formula is C36H45ClN6O15S2. The number of esters is 4. The number of ketones is 1. The highest BCUT2D eigenvalue weighted by molar-refractivity contribution is 7.89. The average molecular weight is 901 g/mol. The number of hydrogen-bond donors (Lipinski definition) is 2. The summed E-state index contributed by atoms with van der Waals surface area (Å²) in [6.07, 6.45) is -0.608. The number of nitrogens with one attached hydrogen (secondary N) is 1. The number of Topliss-reactive ketones (excluding diaryl/α,β-unsaturated/α-hetero) is 1. The molecule has 4 rings (SSSR count). The van der Waals surface area contributed by atoms with Gasteiger partial charge >= 0.3 is 23.9 Å². The molecule has 0 radical (unpaired) electrons. The molecule has 0 bridgehead atoms. The Morgan fingerprint density at radius 2 is 1.75 bits per heavy atom. The highest BCUT2D eigenvalue weighted by atomic mass is 35.5. The van der Waals surface area contributed by atoms with Gasteiger partial charge in [-0.3, -0.25) is 19.2 Å². The number of nitrogens with two attached hydrogens (primary N) is 1. The monoisotopic (exact) mass is 900 g/mol. The van der Waals surface area contributed by atoms with Crippen LogP contribution < -0.4 is 20.1 Å². The van der Waals surface area contributed by atoms with Gasteiger partial charge in [0.15, 0.2) is 25.1 Å². The van der Waals surface area contributed by atoms with E-state index in [0.29, 0.717) is 37.9 Å². The second-order valence-electron chi connectivity index (χ2n) is 14.0. The van der Waals surface area contributed by atoms with Gasteiger partial charge in [-0.2, -0.15) is 4.37 Å². The topological polar surface area (TPSA) is 275 Å². The molecular weight excluding hydrogens is 856 g/mol. The Morgan fingerprint density at radius 3 is 2.40 bits per heavy atom. The van der Waals surface area contributed by atoms with Crippen LogP contribution in [0, 0.1) is 0 Å². The molecule has 0 saturated carbocycles. The molecule has 2 aromatic heterocycles. The van der Waals surface area contributed by atoms with E-state index in [2.05, 4.69) is 14.1 Å². The SMILES string of the molecule is CC(=O)OCC(=O)O[C@H](COc1nsnc1N1CCOCC1)CN(C(=O)COC(=O)CCC(=O)COC(=O)c1cc(S(N)(=O)=O)c(Cl)cc1NCc1ccco1)C(C)(C)C. The predicted molar refractivity (Wildman–Crippen MR) is 211 cm³/mol. The van der Waals surface area contributed by atoms with Gasteiger partial charge < -0.3 is 48.0 Å². The molecule has 24 heteroatoms. The van der Waals surface area contributed by atoms with Crippen molar-refractivity contribution in [2.24, 2.45) is 5.14 Å². The quantitative estimate of drug-likeness (QED) is 0.114. The van der Waals surface area contributed by atoms with E-state index in [1.165, 1.54) is 11.2 Å². The second kappa shape index (κ2) is 21.8. The number of aromatic nitrogens is 2. The summed E-state index contributed by atoms with van der Waals surface area (Å²) in [5, 5.41) is 7.86. The lowest BCUT2D eigenvalue weighted by molar-refractivity contribution is -0.166. The van der Waals surface area contributed by atoms with Crippen molar-refractivity contribution in [2.75, 3.05) is 69.5 Å². The van der Waals surface area contributed by atoms with E-state index in [4.69, 9.17) is 49.6 Å². The van der Waals surface area contributed by atoms with Crippen LogP contribution in [0.1, 0.15) is 56.7 Å². The molecule has 0 aliphatic carbocycles. The molecule has 1 atom stereocenters. The molecule has 1 saturated heterocycles. The normalized spacial score (nSPS) is 13.5. The summed E-state index contributed by atoms with van der Waals surface area (Å²) >= 11 is 7.03.